The van der Waals surface area contributed by atoms with E-state index < -0.39 is 0 Å². The lowest BCUT2D eigenvalue weighted by Gasteiger charge is -2.25. The van der Waals surface area contributed by atoms with Gasteiger partial charge in [-0.1, -0.05) is 6.92 Å². The van der Waals surface area contributed by atoms with Crippen LogP contribution in [0.25, 0.3) is 0 Å². The Labute approximate surface area is 99.8 Å². The first-order valence-corrected chi connectivity index (χ1v) is 6.18. The third-order valence-electron chi connectivity index (χ3n) is 2.98. The Hall–Kier alpha value is -0.610. The van der Waals surface area contributed by atoms with Gasteiger partial charge in [0.15, 0.2) is 0 Å². The maximum atomic E-state index is 11.8. The first kappa shape index (κ1) is 15.4. The smallest absolute Gasteiger partial charge is 0.237 e. The second-order valence-electron chi connectivity index (χ2n) is 4.43. The number of carbonyl (C=O) groups is 1. The second kappa shape index (κ2) is 8.53. The molecule has 0 aromatic carbocycles. The van der Waals surface area contributed by atoms with Crippen LogP contribution in [-0.4, -0.2) is 50.1 Å². The van der Waals surface area contributed by atoms with Crippen LogP contribution in [0.15, 0.2) is 0 Å². The molecule has 96 valence electrons. The molecule has 2 N–H and O–H groups in total. The van der Waals surface area contributed by atoms with E-state index in [4.69, 9.17) is 0 Å². The van der Waals surface area contributed by atoms with Gasteiger partial charge < -0.3 is 10.6 Å². The molecule has 0 aromatic rings. The topological polar surface area (TPSA) is 44.4 Å². The number of amides is 1. The average Bonchev–Trinajstić information content (AvgIpc) is 2.27. The van der Waals surface area contributed by atoms with Crippen molar-refractivity contribution in [3.63, 3.8) is 0 Å². The zero-order chi connectivity index (χ0) is 12.6. The quantitative estimate of drug-likeness (QED) is 0.606. The number of carbonyl (C=O) groups excluding carboxylic acids is 1. The molecule has 0 saturated carbocycles. The van der Waals surface area contributed by atoms with Crippen LogP contribution >= 0.6 is 0 Å². The van der Waals surface area contributed by atoms with Gasteiger partial charge in [-0.25, -0.2) is 0 Å². The minimum atomic E-state index is -0.0501. The van der Waals surface area contributed by atoms with Gasteiger partial charge in [0.1, 0.15) is 0 Å². The van der Waals surface area contributed by atoms with E-state index in [0.29, 0.717) is 0 Å². The van der Waals surface area contributed by atoms with Crippen molar-refractivity contribution in [3.8, 4) is 0 Å². The Balaban J connectivity index is 3.91. The fraction of sp³-hybridized carbons (Fsp3) is 0.917. The summed E-state index contributed by atoms with van der Waals surface area (Å²) in [5.41, 5.74) is 0. The lowest BCUT2D eigenvalue weighted by Crippen LogP contribution is -2.46. The Kier molecular flexibility index (Phi) is 8.21. The highest BCUT2D eigenvalue weighted by Gasteiger charge is 2.18. The van der Waals surface area contributed by atoms with Gasteiger partial charge in [0, 0.05) is 6.04 Å². The van der Waals surface area contributed by atoms with E-state index >= 15 is 0 Å². The van der Waals surface area contributed by atoms with Gasteiger partial charge in [-0.2, -0.15) is 0 Å². The SMILES string of the molecule is CCC(C)NC(=O)C(C)N(C)CCCNC. The molecule has 1 amide bonds. The van der Waals surface area contributed by atoms with Gasteiger partial charge in [0.2, 0.25) is 5.91 Å². The largest absolute Gasteiger partial charge is 0.352 e. The van der Waals surface area contributed by atoms with Gasteiger partial charge in [0.05, 0.1) is 6.04 Å². The van der Waals surface area contributed by atoms with Gasteiger partial charge in [-0.15, -0.1) is 0 Å². The fourth-order valence-electron chi connectivity index (χ4n) is 1.36. The van der Waals surface area contributed by atoms with Crippen molar-refractivity contribution in [2.24, 2.45) is 0 Å². The molecule has 0 saturated heterocycles. The molecule has 0 aliphatic carbocycles. The number of hydrogen-bond acceptors (Lipinski definition) is 3. The maximum Gasteiger partial charge on any atom is 0.237 e. The van der Waals surface area contributed by atoms with Gasteiger partial charge in [-0.3, -0.25) is 9.69 Å². The van der Waals surface area contributed by atoms with Crippen LogP contribution in [-0.2, 0) is 4.79 Å². The highest BCUT2D eigenvalue weighted by atomic mass is 16.2. The Morgan fingerprint density at radius 3 is 2.50 bits per heavy atom. The van der Waals surface area contributed by atoms with Crippen LogP contribution in [0.5, 0.6) is 0 Å². The van der Waals surface area contributed by atoms with Crippen LogP contribution in [0.4, 0.5) is 0 Å². The number of nitrogens with one attached hydrogen (secondary N) is 2. The molecule has 0 rings (SSSR count). The molecule has 0 aromatic heterocycles. The first-order chi connectivity index (χ1) is 7.52. The van der Waals surface area contributed by atoms with Crippen molar-refractivity contribution < 1.29 is 4.79 Å². The lowest BCUT2D eigenvalue weighted by atomic mass is 10.2. The van der Waals surface area contributed by atoms with Crippen LogP contribution in [0.2, 0.25) is 0 Å². The molecule has 0 aliphatic rings. The van der Waals surface area contributed by atoms with Crippen LogP contribution in [0, 0.1) is 0 Å². The summed E-state index contributed by atoms with van der Waals surface area (Å²) in [6, 6.07) is 0.214. The first-order valence-electron chi connectivity index (χ1n) is 6.18. The molecule has 0 heterocycles. The molecule has 0 aliphatic heterocycles. The van der Waals surface area contributed by atoms with E-state index in [-0.39, 0.29) is 18.0 Å². The van der Waals surface area contributed by atoms with Gasteiger partial charge in [0.25, 0.3) is 0 Å². The number of likely N-dealkylation sites (N-methyl/N-ethyl adjacent to an activating group) is 1. The normalized spacial score (nSPS) is 14.9. The molecule has 2 atom stereocenters. The van der Waals surface area contributed by atoms with Crippen molar-refractivity contribution in [2.45, 2.75) is 45.7 Å². The molecule has 0 bridgehead atoms. The molecule has 2 unspecified atom stereocenters. The van der Waals surface area contributed by atoms with Gasteiger partial charge >= 0.3 is 0 Å². The average molecular weight is 229 g/mol. The van der Waals surface area contributed by atoms with E-state index in [1.54, 1.807) is 0 Å². The van der Waals surface area contributed by atoms with Crippen molar-refractivity contribution in [2.75, 3.05) is 27.2 Å². The highest BCUT2D eigenvalue weighted by Crippen LogP contribution is 1.98. The van der Waals surface area contributed by atoms with Crippen molar-refractivity contribution in [3.05, 3.63) is 0 Å². The molecule has 4 heteroatoms. The van der Waals surface area contributed by atoms with Crippen LogP contribution in [0.1, 0.15) is 33.6 Å². The van der Waals surface area contributed by atoms with Crippen molar-refractivity contribution in [1.82, 2.24) is 15.5 Å². The summed E-state index contributed by atoms with van der Waals surface area (Å²) in [4.78, 5) is 13.9. The summed E-state index contributed by atoms with van der Waals surface area (Å²) in [5, 5.41) is 6.11. The monoisotopic (exact) mass is 229 g/mol. The van der Waals surface area contributed by atoms with Crippen molar-refractivity contribution in [1.29, 1.82) is 0 Å². The summed E-state index contributed by atoms with van der Waals surface area (Å²) in [5.74, 6) is 0.126. The van der Waals surface area contributed by atoms with Crippen LogP contribution < -0.4 is 10.6 Å². The van der Waals surface area contributed by atoms with Gasteiger partial charge in [-0.05, 0) is 53.9 Å². The predicted octanol–water partition coefficient (Wildman–Crippen LogP) is 0.831. The zero-order valence-electron chi connectivity index (χ0n) is 11.3. The summed E-state index contributed by atoms with van der Waals surface area (Å²) in [7, 11) is 3.94. The molecule has 0 radical (unpaired) electrons. The molecule has 0 spiro atoms. The second-order valence-corrected chi connectivity index (χ2v) is 4.43. The number of nitrogens with zero attached hydrogens (tertiary/aromatic N) is 1. The number of hydrogen-bond donors (Lipinski definition) is 2. The van der Waals surface area contributed by atoms with Crippen LogP contribution in [0.3, 0.4) is 0 Å². The van der Waals surface area contributed by atoms with E-state index in [0.717, 1.165) is 25.9 Å². The maximum absolute atomic E-state index is 11.8. The molecule has 4 nitrogen and oxygen atoms in total. The van der Waals surface area contributed by atoms with E-state index in [9.17, 15) is 4.79 Å². The third-order valence-corrected chi connectivity index (χ3v) is 2.98. The zero-order valence-corrected chi connectivity index (χ0v) is 11.3. The van der Waals surface area contributed by atoms with E-state index in [1.807, 2.05) is 27.9 Å². The van der Waals surface area contributed by atoms with E-state index in [2.05, 4.69) is 22.5 Å². The molecular formula is C12H27N3O. The Bertz CT molecular complexity index is 197. The molecule has 16 heavy (non-hydrogen) atoms. The summed E-state index contributed by atoms with van der Waals surface area (Å²) in [6.45, 7) is 7.99. The lowest BCUT2D eigenvalue weighted by molar-refractivity contribution is -0.126. The highest BCUT2D eigenvalue weighted by molar-refractivity contribution is 5.81. The minimum Gasteiger partial charge on any atom is -0.352 e. The minimum absolute atomic E-state index is 0.0501. The standard InChI is InChI=1S/C12H27N3O/c1-6-10(2)14-12(16)11(3)15(5)9-7-8-13-4/h10-11,13H,6-9H2,1-5H3,(H,14,16). The number of rotatable bonds is 8. The summed E-state index contributed by atoms with van der Waals surface area (Å²) >= 11 is 0. The Morgan fingerprint density at radius 1 is 1.38 bits per heavy atom. The summed E-state index contributed by atoms with van der Waals surface area (Å²) in [6.07, 6.45) is 2.04. The van der Waals surface area contributed by atoms with Crippen molar-refractivity contribution >= 4 is 5.91 Å². The molecule has 0 fully saturated rings. The Morgan fingerprint density at radius 2 is 2.00 bits per heavy atom. The molecular weight excluding hydrogens is 202 g/mol. The summed E-state index contributed by atoms with van der Waals surface area (Å²) < 4.78 is 0. The third kappa shape index (κ3) is 6.08. The van der Waals surface area contributed by atoms with E-state index in [1.165, 1.54) is 0 Å². The predicted molar refractivity (Wildman–Crippen MR) is 68.5 cm³/mol. The fourth-order valence-corrected chi connectivity index (χ4v) is 1.36.